The van der Waals surface area contributed by atoms with E-state index in [0.717, 1.165) is 40.9 Å². The number of piperidine rings is 1. The average molecular weight is 557 g/mol. The summed E-state index contributed by atoms with van der Waals surface area (Å²) in [6.07, 6.45) is 5.92. The molecule has 4 aromatic heterocycles. The molecular weight excluding hydrogens is 524 g/mol. The van der Waals surface area contributed by atoms with E-state index in [1.807, 2.05) is 18.2 Å². The molecule has 2 unspecified atom stereocenters. The number of carbonyl (C=O) groups excluding carboxylic acids is 2. The number of amides is 1. The zero-order chi connectivity index (χ0) is 28.8. The van der Waals surface area contributed by atoms with Gasteiger partial charge in [0.1, 0.15) is 17.7 Å². The third-order valence-electron chi connectivity index (χ3n) is 8.24. The zero-order valence-electron chi connectivity index (χ0n) is 23.3. The molecule has 12 nitrogen and oxygen atoms in total. The summed E-state index contributed by atoms with van der Waals surface area (Å²) >= 11 is 0. The number of imidazole rings is 1. The molecule has 1 saturated heterocycles. The quantitative estimate of drug-likeness (QED) is 0.349. The number of Topliss-reactive ketones (excluding diaryl/α,β-unsaturated/α-hetero) is 1. The molecule has 4 aromatic rings. The van der Waals surface area contributed by atoms with Crippen LogP contribution in [-0.4, -0.2) is 53.4 Å². The van der Waals surface area contributed by atoms with Crippen molar-refractivity contribution in [1.82, 2.24) is 28.7 Å². The van der Waals surface area contributed by atoms with Gasteiger partial charge in [-0.15, -0.1) is 0 Å². The third-order valence-corrected chi connectivity index (χ3v) is 8.24. The van der Waals surface area contributed by atoms with Crippen molar-refractivity contribution >= 4 is 34.5 Å². The van der Waals surface area contributed by atoms with Crippen LogP contribution < -0.4 is 21.5 Å². The Bertz CT molecular complexity index is 1770. The number of hydrogen-bond acceptors (Lipinski definition) is 8. The highest BCUT2D eigenvalue weighted by Gasteiger charge is 2.41. The first-order valence-electron chi connectivity index (χ1n) is 13.9. The van der Waals surface area contributed by atoms with Gasteiger partial charge in [0.05, 0.1) is 18.6 Å². The van der Waals surface area contributed by atoms with Crippen LogP contribution in [0.5, 0.6) is 0 Å². The molecule has 1 aliphatic carbocycles. The molecule has 1 saturated carbocycles. The van der Waals surface area contributed by atoms with Crippen molar-refractivity contribution in [1.29, 1.82) is 0 Å². The highest BCUT2D eigenvalue weighted by atomic mass is 16.2. The summed E-state index contributed by atoms with van der Waals surface area (Å²) in [6.45, 7) is 5.06. The van der Waals surface area contributed by atoms with Crippen LogP contribution in [-0.2, 0) is 23.2 Å². The summed E-state index contributed by atoms with van der Waals surface area (Å²) in [5, 5.41) is 2.82. The maximum Gasteiger partial charge on any atom is 0.332 e. The van der Waals surface area contributed by atoms with Crippen LogP contribution in [0, 0.1) is 11.8 Å². The number of aryl methyl sites for hydroxylation is 1. The largest absolute Gasteiger partial charge is 0.356 e. The minimum atomic E-state index is -0.859. The topological polar surface area (TPSA) is 137 Å². The number of nitrogens with one attached hydrogen (secondary N) is 1. The monoisotopic (exact) mass is 556 g/mol. The molecule has 3 atom stereocenters. The Morgan fingerprint density at radius 2 is 1.95 bits per heavy atom. The Labute approximate surface area is 235 Å². The first-order valence-corrected chi connectivity index (χ1v) is 13.9. The number of anilines is 2. The second kappa shape index (κ2) is 10.4. The molecule has 5 heterocycles. The van der Waals surface area contributed by atoms with Gasteiger partial charge >= 0.3 is 5.69 Å². The summed E-state index contributed by atoms with van der Waals surface area (Å²) in [4.78, 5) is 67.1. The van der Waals surface area contributed by atoms with Gasteiger partial charge in [0, 0.05) is 38.3 Å². The molecule has 1 amide bonds. The first-order chi connectivity index (χ1) is 19.7. The van der Waals surface area contributed by atoms with Crippen molar-refractivity contribution in [3.05, 3.63) is 63.7 Å². The van der Waals surface area contributed by atoms with Gasteiger partial charge < -0.3 is 14.8 Å². The normalized spacial score (nSPS) is 18.7. The molecule has 1 N–H and O–H groups in total. The summed E-state index contributed by atoms with van der Waals surface area (Å²) in [6, 6.07) is 8.51. The summed E-state index contributed by atoms with van der Waals surface area (Å²) in [7, 11) is 1.48. The van der Waals surface area contributed by atoms with Gasteiger partial charge in [-0.3, -0.25) is 23.5 Å². The maximum absolute atomic E-state index is 13.3. The Hall–Kier alpha value is -4.61. The number of nitrogens with zero attached hydrogens (tertiary/aromatic N) is 7. The van der Waals surface area contributed by atoms with Crippen LogP contribution in [0.3, 0.4) is 0 Å². The lowest BCUT2D eigenvalue weighted by Crippen LogP contribution is -2.41. The molecule has 0 aromatic carbocycles. The lowest BCUT2D eigenvalue weighted by atomic mass is 10.1. The molecule has 12 heteroatoms. The zero-order valence-corrected chi connectivity index (χ0v) is 23.3. The van der Waals surface area contributed by atoms with Crippen LogP contribution in [0.25, 0.3) is 22.4 Å². The SMILES string of the molecule is CCC(=O)Cn1c(=O)c2c(ncn2[C@@H](C)C(=O)Nc2cccc(-c3ccc(N4CCC5CC5C4)nc3)n2)n(C)c1=O. The molecular formula is C29H32N8O4. The van der Waals surface area contributed by atoms with E-state index in [-0.39, 0.29) is 29.9 Å². The number of rotatable bonds is 8. The average Bonchev–Trinajstić information content (AvgIpc) is 3.64. The lowest BCUT2D eigenvalue weighted by molar-refractivity contribution is -0.120. The standard InChI is InChI=1S/C29H32N8O4/c1-4-21(38)15-36-28(40)25-26(34(3)29(36)41)31-16-37(25)17(2)27(39)33-23-7-5-6-22(32-23)19-8-9-24(30-13-19)35-11-10-18-12-20(18)14-35/h5-9,13,16-18,20H,4,10-12,14-15H2,1-3H3,(H,32,33,39)/t17-,18?,20?/m0/s1. The van der Waals surface area contributed by atoms with Gasteiger partial charge in [-0.1, -0.05) is 13.0 Å². The summed E-state index contributed by atoms with van der Waals surface area (Å²) in [5.41, 5.74) is 0.405. The van der Waals surface area contributed by atoms with Crippen LogP contribution in [0.1, 0.15) is 39.2 Å². The predicted molar refractivity (Wildman–Crippen MR) is 154 cm³/mol. The van der Waals surface area contributed by atoms with Crippen molar-refractivity contribution in [2.75, 3.05) is 23.3 Å². The van der Waals surface area contributed by atoms with Gasteiger partial charge in [-0.05, 0) is 55.9 Å². The highest BCUT2D eigenvalue weighted by molar-refractivity contribution is 5.93. The molecule has 212 valence electrons. The van der Waals surface area contributed by atoms with Crippen LogP contribution in [0.2, 0.25) is 0 Å². The van der Waals surface area contributed by atoms with Crippen LogP contribution in [0.4, 0.5) is 11.6 Å². The van der Waals surface area contributed by atoms with E-state index >= 15 is 0 Å². The summed E-state index contributed by atoms with van der Waals surface area (Å²) in [5.74, 6) is 2.37. The van der Waals surface area contributed by atoms with Crippen molar-refractivity contribution in [3.63, 3.8) is 0 Å². The van der Waals surface area contributed by atoms with Crippen molar-refractivity contribution in [2.24, 2.45) is 18.9 Å². The first kappa shape index (κ1) is 26.6. The fourth-order valence-electron chi connectivity index (χ4n) is 5.55. The predicted octanol–water partition coefficient (Wildman–Crippen LogP) is 2.38. The van der Waals surface area contributed by atoms with E-state index in [2.05, 4.69) is 25.2 Å². The molecule has 0 bridgehead atoms. The van der Waals surface area contributed by atoms with Gasteiger partial charge in [-0.25, -0.2) is 19.7 Å². The van der Waals surface area contributed by atoms with Crippen molar-refractivity contribution in [2.45, 2.75) is 45.7 Å². The van der Waals surface area contributed by atoms with E-state index in [0.29, 0.717) is 11.5 Å². The van der Waals surface area contributed by atoms with E-state index in [1.165, 1.54) is 35.4 Å². The number of hydrogen-bond donors (Lipinski definition) is 1. The number of ketones is 1. The number of aromatic nitrogens is 6. The van der Waals surface area contributed by atoms with Gasteiger partial charge in [-0.2, -0.15) is 0 Å². The molecule has 41 heavy (non-hydrogen) atoms. The van der Waals surface area contributed by atoms with Crippen LogP contribution >= 0.6 is 0 Å². The number of fused-ring (bicyclic) bond motifs is 2. The molecule has 0 radical (unpaired) electrons. The fraction of sp³-hybridized carbons (Fsp3) is 0.414. The van der Waals surface area contributed by atoms with E-state index < -0.39 is 23.2 Å². The molecule has 2 aliphatic rings. The molecule has 1 aliphatic heterocycles. The Morgan fingerprint density at radius 3 is 2.68 bits per heavy atom. The van der Waals surface area contributed by atoms with Gasteiger partial charge in [0.15, 0.2) is 16.9 Å². The minimum Gasteiger partial charge on any atom is -0.356 e. The van der Waals surface area contributed by atoms with E-state index in [9.17, 15) is 19.2 Å². The van der Waals surface area contributed by atoms with E-state index in [1.54, 1.807) is 32.2 Å². The third kappa shape index (κ3) is 4.94. The van der Waals surface area contributed by atoms with E-state index in [4.69, 9.17) is 0 Å². The van der Waals surface area contributed by atoms with Crippen molar-refractivity contribution in [3.8, 4) is 11.3 Å². The fourth-order valence-corrected chi connectivity index (χ4v) is 5.55. The number of carbonyl (C=O) groups is 2. The van der Waals surface area contributed by atoms with Crippen molar-refractivity contribution < 1.29 is 9.59 Å². The minimum absolute atomic E-state index is 0.0671. The summed E-state index contributed by atoms with van der Waals surface area (Å²) < 4.78 is 3.50. The van der Waals surface area contributed by atoms with Crippen LogP contribution in [0.15, 0.2) is 52.4 Å². The Kier molecular flexibility index (Phi) is 6.76. The van der Waals surface area contributed by atoms with Gasteiger partial charge in [0.2, 0.25) is 5.91 Å². The Balaban J connectivity index is 1.21. The highest BCUT2D eigenvalue weighted by Crippen LogP contribution is 2.45. The second-order valence-corrected chi connectivity index (χ2v) is 10.9. The molecule has 6 rings (SSSR count). The molecule has 0 spiro atoms. The maximum atomic E-state index is 13.3. The smallest absolute Gasteiger partial charge is 0.332 e. The molecule has 2 fully saturated rings. The lowest BCUT2D eigenvalue weighted by Gasteiger charge is -2.27. The number of pyridine rings is 2. The Morgan fingerprint density at radius 1 is 1.12 bits per heavy atom. The second-order valence-electron chi connectivity index (χ2n) is 10.9. The van der Waals surface area contributed by atoms with Gasteiger partial charge in [0.25, 0.3) is 5.56 Å².